The highest BCUT2D eigenvalue weighted by atomic mass is 28.4. The third kappa shape index (κ3) is 11.7. The minimum Gasteiger partial charge on any atom is -0.548 e. The van der Waals surface area contributed by atoms with Gasteiger partial charge in [0.25, 0.3) is 0 Å². The molecule has 0 aromatic heterocycles. The van der Waals surface area contributed by atoms with Crippen LogP contribution in [0, 0.1) is 0 Å². The van der Waals surface area contributed by atoms with Crippen molar-refractivity contribution in [3.63, 3.8) is 0 Å². The van der Waals surface area contributed by atoms with Crippen LogP contribution in [0.5, 0.6) is 0 Å². The lowest BCUT2D eigenvalue weighted by Crippen LogP contribution is -2.24. The van der Waals surface area contributed by atoms with Gasteiger partial charge in [-0.2, -0.15) is 0 Å². The van der Waals surface area contributed by atoms with Gasteiger partial charge in [0.15, 0.2) is 0 Å². The molecule has 104 valence electrons. The van der Waals surface area contributed by atoms with E-state index in [-0.39, 0.29) is 0 Å². The molecule has 0 atom stereocenters. The van der Waals surface area contributed by atoms with E-state index in [1.165, 1.54) is 11.1 Å². The predicted molar refractivity (Wildman–Crippen MR) is 85.2 cm³/mol. The van der Waals surface area contributed by atoms with E-state index in [0.717, 1.165) is 31.4 Å². The summed E-state index contributed by atoms with van der Waals surface area (Å²) >= 11 is 0. The van der Waals surface area contributed by atoms with Crippen molar-refractivity contribution >= 4 is 8.32 Å². The fraction of sp³-hybridized carbons (Fsp3) is 0.625. The van der Waals surface area contributed by atoms with E-state index in [4.69, 9.17) is 4.43 Å². The van der Waals surface area contributed by atoms with Crippen LogP contribution < -0.4 is 0 Å². The molecule has 0 fully saturated rings. The van der Waals surface area contributed by atoms with Crippen molar-refractivity contribution < 1.29 is 4.43 Å². The van der Waals surface area contributed by atoms with Crippen LogP contribution >= 0.6 is 0 Å². The van der Waals surface area contributed by atoms with Crippen LogP contribution in [0.4, 0.5) is 0 Å². The summed E-state index contributed by atoms with van der Waals surface area (Å²) in [7, 11) is -1.46. The lowest BCUT2D eigenvalue weighted by Gasteiger charge is -2.20. The van der Waals surface area contributed by atoms with Gasteiger partial charge >= 0.3 is 0 Å². The molecule has 0 aliphatic rings. The summed E-state index contributed by atoms with van der Waals surface area (Å²) < 4.78 is 5.84. The van der Waals surface area contributed by atoms with Gasteiger partial charge < -0.3 is 4.43 Å². The number of hydrogen-bond donors (Lipinski definition) is 0. The lowest BCUT2D eigenvalue weighted by atomic mass is 10.1. The van der Waals surface area contributed by atoms with Gasteiger partial charge in [0.2, 0.25) is 8.32 Å². The van der Waals surface area contributed by atoms with Crippen molar-refractivity contribution in [1.29, 1.82) is 0 Å². The molecule has 0 amide bonds. The maximum atomic E-state index is 5.84. The van der Waals surface area contributed by atoms with Gasteiger partial charge in [-0.25, -0.2) is 0 Å². The Morgan fingerprint density at radius 3 is 2.06 bits per heavy atom. The Kier molecular flexibility index (Phi) is 8.00. The first-order chi connectivity index (χ1) is 8.20. The molecule has 0 saturated heterocycles. The second kappa shape index (κ2) is 8.36. The highest BCUT2D eigenvalue weighted by Crippen LogP contribution is 2.15. The first kappa shape index (κ1) is 17.2. The lowest BCUT2D eigenvalue weighted by molar-refractivity contribution is 0.403. The molecule has 0 N–H and O–H groups in total. The van der Waals surface area contributed by atoms with Gasteiger partial charge in [-0.3, -0.25) is 0 Å². The molecule has 0 aliphatic carbocycles. The first-order valence-corrected chi connectivity index (χ1v) is 10.3. The molecule has 0 aromatic carbocycles. The van der Waals surface area contributed by atoms with E-state index in [1.54, 1.807) is 0 Å². The SMILES string of the molecule is C=C(CCC=C(C)CCC=C(C)C)O[Si](C)(C)C. The van der Waals surface area contributed by atoms with Gasteiger partial charge in [0.1, 0.15) is 0 Å². The van der Waals surface area contributed by atoms with Crippen molar-refractivity contribution in [3.8, 4) is 0 Å². The zero-order chi connectivity index (χ0) is 14.2. The zero-order valence-corrected chi connectivity index (χ0v) is 14.1. The van der Waals surface area contributed by atoms with Crippen molar-refractivity contribution in [2.75, 3.05) is 0 Å². The van der Waals surface area contributed by atoms with Crippen LogP contribution in [0.15, 0.2) is 35.6 Å². The molecule has 0 bridgehead atoms. The molecule has 1 nitrogen and oxygen atoms in total. The quantitative estimate of drug-likeness (QED) is 0.305. The van der Waals surface area contributed by atoms with E-state index in [0.29, 0.717) is 0 Å². The molecule has 0 radical (unpaired) electrons. The molecule has 0 heterocycles. The van der Waals surface area contributed by atoms with Crippen molar-refractivity contribution in [2.24, 2.45) is 0 Å². The van der Waals surface area contributed by atoms with E-state index in [1.807, 2.05) is 0 Å². The molecular formula is C16H30OSi. The zero-order valence-electron chi connectivity index (χ0n) is 13.1. The van der Waals surface area contributed by atoms with Gasteiger partial charge in [0.05, 0.1) is 5.76 Å². The average Bonchev–Trinajstić information content (AvgIpc) is 2.13. The maximum Gasteiger partial charge on any atom is 0.241 e. The van der Waals surface area contributed by atoms with Crippen molar-refractivity contribution in [3.05, 3.63) is 35.6 Å². The Balaban J connectivity index is 3.87. The van der Waals surface area contributed by atoms with Crippen LogP contribution in [-0.4, -0.2) is 8.32 Å². The van der Waals surface area contributed by atoms with Gasteiger partial charge in [-0.05, 0) is 59.7 Å². The Hall–Kier alpha value is -0.763. The summed E-state index contributed by atoms with van der Waals surface area (Å²) in [4.78, 5) is 0. The van der Waals surface area contributed by atoms with E-state index < -0.39 is 8.32 Å². The van der Waals surface area contributed by atoms with Gasteiger partial charge in [-0.15, -0.1) is 0 Å². The van der Waals surface area contributed by atoms with E-state index in [9.17, 15) is 0 Å². The fourth-order valence-corrected chi connectivity index (χ4v) is 2.62. The van der Waals surface area contributed by atoms with E-state index >= 15 is 0 Å². The minimum absolute atomic E-state index is 0.947. The summed E-state index contributed by atoms with van der Waals surface area (Å²) in [5.41, 5.74) is 2.87. The van der Waals surface area contributed by atoms with Crippen LogP contribution in [0.1, 0.15) is 46.5 Å². The van der Waals surface area contributed by atoms with Crippen molar-refractivity contribution in [2.45, 2.75) is 66.1 Å². The highest BCUT2D eigenvalue weighted by Gasteiger charge is 2.16. The van der Waals surface area contributed by atoms with E-state index in [2.05, 4.69) is 59.1 Å². The van der Waals surface area contributed by atoms with Crippen LogP contribution in [-0.2, 0) is 4.43 Å². The molecule has 0 aromatic rings. The third-order valence-corrected chi connectivity index (χ3v) is 3.36. The molecule has 18 heavy (non-hydrogen) atoms. The molecule has 0 aliphatic heterocycles. The van der Waals surface area contributed by atoms with Gasteiger partial charge in [-0.1, -0.05) is 29.9 Å². The summed E-state index contributed by atoms with van der Waals surface area (Å²) in [6.07, 6.45) is 8.92. The molecule has 0 spiro atoms. The second-order valence-electron chi connectivity index (χ2n) is 6.16. The second-order valence-corrected chi connectivity index (χ2v) is 10.6. The van der Waals surface area contributed by atoms with Gasteiger partial charge in [0, 0.05) is 6.42 Å². The third-order valence-electron chi connectivity index (χ3n) is 2.46. The number of rotatable bonds is 8. The van der Waals surface area contributed by atoms with Crippen LogP contribution in [0.3, 0.4) is 0 Å². The average molecular weight is 267 g/mol. The first-order valence-electron chi connectivity index (χ1n) is 6.86. The number of allylic oxidation sites excluding steroid dienone is 5. The molecule has 0 unspecified atom stereocenters. The van der Waals surface area contributed by atoms with Crippen molar-refractivity contribution in [1.82, 2.24) is 0 Å². The molecule has 2 heteroatoms. The Bertz CT molecular complexity index is 314. The van der Waals surface area contributed by atoms with Crippen LogP contribution in [0.25, 0.3) is 0 Å². The normalized spacial score (nSPS) is 12.2. The smallest absolute Gasteiger partial charge is 0.241 e. The Morgan fingerprint density at radius 2 is 1.56 bits per heavy atom. The topological polar surface area (TPSA) is 9.23 Å². The summed E-state index contributed by atoms with van der Waals surface area (Å²) in [5.74, 6) is 0.947. The number of hydrogen-bond acceptors (Lipinski definition) is 1. The Morgan fingerprint density at radius 1 is 1.00 bits per heavy atom. The summed E-state index contributed by atoms with van der Waals surface area (Å²) in [6, 6.07) is 0. The maximum absolute atomic E-state index is 5.84. The monoisotopic (exact) mass is 266 g/mol. The molecule has 0 rings (SSSR count). The summed E-state index contributed by atoms with van der Waals surface area (Å²) in [5, 5.41) is 0. The molecule has 0 saturated carbocycles. The molecular weight excluding hydrogens is 236 g/mol. The largest absolute Gasteiger partial charge is 0.548 e. The highest BCUT2D eigenvalue weighted by molar-refractivity contribution is 6.70. The predicted octanol–water partition coefficient (Wildman–Crippen LogP) is 5.82. The minimum atomic E-state index is -1.46. The standard InChI is InChI=1S/C16H30OSi/c1-14(2)10-8-11-15(3)12-9-13-16(4)17-18(5,6)7/h10,12H,4,8-9,11,13H2,1-3,5-7H3. The Labute approximate surface area is 115 Å². The fourth-order valence-electron chi connectivity index (χ4n) is 1.65. The summed E-state index contributed by atoms with van der Waals surface area (Å²) in [6.45, 7) is 17.1. The van der Waals surface area contributed by atoms with Crippen LogP contribution in [0.2, 0.25) is 19.6 Å².